The van der Waals surface area contributed by atoms with Gasteiger partial charge in [0.2, 0.25) is 0 Å². The number of benzene rings is 1. The number of hydrogen-bond donors (Lipinski definition) is 0. The number of aryl methyl sites for hydroxylation is 2. The predicted molar refractivity (Wildman–Crippen MR) is 63.7 cm³/mol. The minimum Gasteiger partial charge on any atom is -0.253 e. The van der Waals surface area contributed by atoms with Crippen LogP contribution in [-0.4, -0.2) is 4.98 Å². The van der Waals surface area contributed by atoms with Gasteiger partial charge in [0, 0.05) is 11.3 Å². The van der Waals surface area contributed by atoms with E-state index < -0.39 is 0 Å². The minimum absolute atomic E-state index is 0.216. The monoisotopic (exact) mass is 215 g/mol. The molecular formula is C14H14FN. The average molecular weight is 215 g/mol. The van der Waals surface area contributed by atoms with E-state index >= 15 is 0 Å². The number of hydrogen-bond acceptors (Lipinski definition) is 1. The molecule has 0 N–H and O–H groups in total. The highest BCUT2D eigenvalue weighted by molar-refractivity contribution is 5.59. The number of rotatable bonds is 2. The highest BCUT2D eigenvalue weighted by Gasteiger charge is 2.02. The van der Waals surface area contributed by atoms with Crippen LogP contribution in [0.5, 0.6) is 0 Å². The molecule has 0 amide bonds. The Morgan fingerprint density at radius 2 is 1.81 bits per heavy atom. The van der Waals surface area contributed by atoms with Gasteiger partial charge in [-0.2, -0.15) is 0 Å². The van der Waals surface area contributed by atoms with Gasteiger partial charge in [0.05, 0.1) is 5.69 Å². The molecule has 0 atom stereocenters. The smallest absolute Gasteiger partial charge is 0.123 e. The topological polar surface area (TPSA) is 12.9 Å². The van der Waals surface area contributed by atoms with Crippen molar-refractivity contribution < 1.29 is 4.39 Å². The highest BCUT2D eigenvalue weighted by atomic mass is 19.1. The van der Waals surface area contributed by atoms with E-state index in [1.54, 1.807) is 12.1 Å². The molecule has 1 aromatic heterocycles. The lowest BCUT2D eigenvalue weighted by molar-refractivity contribution is 0.628. The van der Waals surface area contributed by atoms with Gasteiger partial charge in [-0.05, 0) is 55.3 Å². The van der Waals surface area contributed by atoms with Crippen molar-refractivity contribution in [2.24, 2.45) is 0 Å². The summed E-state index contributed by atoms with van der Waals surface area (Å²) in [6.07, 6.45) is 0.913. The molecule has 82 valence electrons. The Morgan fingerprint density at radius 3 is 2.44 bits per heavy atom. The van der Waals surface area contributed by atoms with Crippen molar-refractivity contribution in [1.29, 1.82) is 0 Å². The van der Waals surface area contributed by atoms with Gasteiger partial charge in [-0.15, -0.1) is 0 Å². The lowest BCUT2D eigenvalue weighted by Crippen LogP contribution is -1.92. The van der Waals surface area contributed by atoms with Crippen molar-refractivity contribution in [3.05, 3.63) is 53.5 Å². The van der Waals surface area contributed by atoms with Gasteiger partial charge in [-0.3, -0.25) is 4.98 Å². The lowest BCUT2D eigenvalue weighted by Gasteiger charge is -2.05. The van der Waals surface area contributed by atoms with Crippen LogP contribution >= 0.6 is 0 Å². The van der Waals surface area contributed by atoms with Crippen LogP contribution in [0.3, 0.4) is 0 Å². The molecule has 0 aliphatic rings. The lowest BCUT2D eigenvalue weighted by atomic mass is 10.1. The van der Waals surface area contributed by atoms with E-state index in [4.69, 9.17) is 0 Å². The quantitative estimate of drug-likeness (QED) is 0.743. The second-order valence-electron chi connectivity index (χ2n) is 3.88. The zero-order valence-electron chi connectivity index (χ0n) is 9.50. The molecule has 1 heterocycles. The maximum Gasteiger partial charge on any atom is 0.123 e. The van der Waals surface area contributed by atoms with Crippen LogP contribution in [0.4, 0.5) is 4.39 Å². The van der Waals surface area contributed by atoms with Gasteiger partial charge in [-0.1, -0.05) is 6.92 Å². The maximum atomic E-state index is 12.8. The zero-order chi connectivity index (χ0) is 11.5. The summed E-state index contributed by atoms with van der Waals surface area (Å²) in [6, 6.07) is 10.5. The summed E-state index contributed by atoms with van der Waals surface area (Å²) in [7, 11) is 0. The first-order valence-corrected chi connectivity index (χ1v) is 5.42. The minimum atomic E-state index is -0.216. The number of pyridine rings is 1. The summed E-state index contributed by atoms with van der Waals surface area (Å²) in [4.78, 5) is 4.53. The molecule has 0 fully saturated rings. The molecule has 1 nitrogen and oxygen atoms in total. The standard InChI is InChI=1S/C14H14FN/c1-3-13-8-10(2)9-14(16-13)11-4-6-12(15)7-5-11/h4-9H,3H2,1-2H3. The van der Waals surface area contributed by atoms with E-state index in [2.05, 4.69) is 18.0 Å². The third-order valence-electron chi connectivity index (χ3n) is 2.52. The van der Waals surface area contributed by atoms with E-state index in [-0.39, 0.29) is 5.82 Å². The first-order chi connectivity index (χ1) is 7.69. The molecule has 0 unspecified atom stereocenters. The Morgan fingerprint density at radius 1 is 1.12 bits per heavy atom. The van der Waals surface area contributed by atoms with Crippen LogP contribution in [-0.2, 0) is 6.42 Å². The van der Waals surface area contributed by atoms with Crippen molar-refractivity contribution in [3.63, 3.8) is 0 Å². The van der Waals surface area contributed by atoms with Crippen molar-refractivity contribution >= 4 is 0 Å². The molecule has 1 aromatic carbocycles. The molecule has 0 aliphatic carbocycles. The largest absolute Gasteiger partial charge is 0.253 e. The second-order valence-corrected chi connectivity index (χ2v) is 3.88. The Bertz CT molecular complexity index is 489. The van der Waals surface area contributed by atoms with Gasteiger partial charge in [-0.25, -0.2) is 4.39 Å². The Hall–Kier alpha value is -1.70. The van der Waals surface area contributed by atoms with Crippen molar-refractivity contribution in [2.75, 3.05) is 0 Å². The van der Waals surface area contributed by atoms with E-state index in [0.29, 0.717) is 0 Å². The molecule has 2 aromatic rings. The van der Waals surface area contributed by atoms with Gasteiger partial charge < -0.3 is 0 Å². The Kier molecular flexibility index (Phi) is 3.00. The normalized spacial score (nSPS) is 10.4. The summed E-state index contributed by atoms with van der Waals surface area (Å²) < 4.78 is 12.8. The maximum absolute atomic E-state index is 12.8. The molecule has 0 saturated heterocycles. The molecule has 0 spiro atoms. The van der Waals surface area contributed by atoms with Gasteiger partial charge >= 0.3 is 0 Å². The second kappa shape index (κ2) is 4.44. The molecule has 2 heteroatoms. The third-order valence-corrected chi connectivity index (χ3v) is 2.52. The highest BCUT2D eigenvalue weighted by Crippen LogP contribution is 2.19. The fraction of sp³-hybridized carbons (Fsp3) is 0.214. The van der Waals surface area contributed by atoms with E-state index in [0.717, 1.165) is 23.4 Å². The van der Waals surface area contributed by atoms with Crippen LogP contribution in [0.15, 0.2) is 36.4 Å². The van der Waals surface area contributed by atoms with E-state index in [1.807, 2.05) is 13.0 Å². The molecule has 2 rings (SSSR count). The predicted octanol–water partition coefficient (Wildman–Crippen LogP) is 3.76. The van der Waals surface area contributed by atoms with Gasteiger partial charge in [0.15, 0.2) is 0 Å². The SMILES string of the molecule is CCc1cc(C)cc(-c2ccc(F)cc2)n1. The summed E-state index contributed by atoms with van der Waals surface area (Å²) in [6.45, 7) is 4.13. The fourth-order valence-electron chi connectivity index (χ4n) is 1.69. The number of halogens is 1. The summed E-state index contributed by atoms with van der Waals surface area (Å²) in [5.74, 6) is -0.216. The van der Waals surface area contributed by atoms with Gasteiger partial charge in [0.1, 0.15) is 5.82 Å². The zero-order valence-corrected chi connectivity index (χ0v) is 9.50. The number of aromatic nitrogens is 1. The fourth-order valence-corrected chi connectivity index (χ4v) is 1.69. The first-order valence-electron chi connectivity index (χ1n) is 5.42. The summed E-state index contributed by atoms with van der Waals surface area (Å²) >= 11 is 0. The van der Waals surface area contributed by atoms with Crippen molar-refractivity contribution in [3.8, 4) is 11.3 Å². The molecule has 16 heavy (non-hydrogen) atoms. The van der Waals surface area contributed by atoms with Crippen LogP contribution in [0.1, 0.15) is 18.2 Å². The average Bonchev–Trinajstić information content (AvgIpc) is 2.29. The van der Waals surface area contributed by atoms with E-state index in [1.165, 1.54) is 17.7 Å². The van der Waals surface area contributed by atoms with E-state index in [9.17, 15) is 4.39 Å². The Balaban J connectivity index is 2.47. The molecular weight excluding hydrogens is 201 g/mol. The van der Waals surface area contributed by atoms with Gasteiger partial charge in [0.25, 0.3) is 0 Å². The Labute approximate surface area is 95.0 Å². The summed E-state index contributed by atoms with van der Waals surface area (Å²) in [5, 5.41) is 0. The molecule has 0 bridgehead atoms. The molecule has 0 radical (unpaired) electrons. The van der Waals surface area contributed by atoms with Crippen LogP contribution < -0.4 is 0 Å². The van der Waals surface area contributed by atoms with Crippen LogP contribution in [0, 0.1) is 12.7 Å². The molecule has 0 saturated carbocycles. The molecule has 0 aliphatic heterocycles. The number of nitrogens with zero attached hydrogens (tertiary/aromatic N) is 1. The summed E-state index contributed by atoms with van der Waals surface area (Å²) in [5.41, 5.74) is 4.13. The van der Waals surface area contributed by atoms with Crippen molar-refractivity contribution in [2.45, 2.75) is 20.3 Å². The third kappa shape index (κ3) is 2.27. The van der Waals surface area contributed by atoms with Crippen LogP contribution in [0.25, 0.3) is 11.3 Å². The van der Waals surface area contributed by atoms with Crippen molar-refractivity contribution in [1.82, 2.24) is 4.98 Å². The first kappa shape index (κ1) is 10.8. The van der Waals surface area contributed by atoms with Crippen LogP contribution in [0.2, 0.25) is 0 Å².